The number of anilines is 1. The third-order valence-electron chi connectivity index (χ3n) is 4.94. The lowest BCUT2D eigenvalue weighted by molar-refractivity contribution is -0.115. The zero-order valence-electron chi connectivity index (χ0n) is 16.9. The molecule has 8 heteroatoms. The Morgan fingerprint density at radius 3 is 2.97 bits per heavy atom. The summed E-state index contributed by atoms with van der Waals surface area (Å²) in [7, 11) is 0. The number of nitriles is 1. The minimum atomic E-state index is -0.405. The minimum Gasteiger partial charge on any atom is -0.494 e. The van der Waals surface area contributed by atoms with Gasteiger partial charge in [-0.25, -0.2) is 9.97 Å². The second-order valence-corrected chi connectivity index (χ2v) is 9.46. The molecule has 1 N–H and O–H groups in total. The fraction of sp³-hybridized carbons (Fsp3) is 0.364. The van der Waals surface area contributed by atoms with E-state index in [0.717, 1.165) is 47.3 Å². The molecule has 154 valence electrons. The Morgan fingerprint density at radius 1 is 1.33 bits per heavy atom. The molecular formula is C22H22N4O2S2. The molecule has 1 aliphatic rings. The Bertz CT molecular complexity index is 1140. The molecule has 6 nitrogen and oxygen atoms in total. The van der Waals surface area contributed by atoms with Crippen molar-refractivity contribution in [3.8, 4) is 11.8 Å². The number of ether oxygens (including phenoxy) is 1. The number of aromatic nitrogens is 2. The summed E-state index contributed by atoms with van der Waals surface area (Å²) < 4.78 is 6.48. The lowest BCUT2D eigenvalue weighted by Crippen LogP contribution is -2.22. The molecule has 0 saturated heterocycles. The van der Waals surface area contributed by atoms with Crippen LogP contribution in [-0.4, -0.2) is 27.7 Å². The second-order valence-electron chi connectivity index (χ2n) is 7.10. The lowest BCUT2D eigenvalue weighted by atomic mass is 9.95. The second kappa shape index (κ2) is 9.02. The summed E-state index contributed by atoms with van der Waals surface area (Å²) in [5.74, 6) is 0.630. The highest BCUT2D eigenvalue weighted by Crippen LogP contribution is 2.32. The third-order valence-corrected chi connectivity index (χ3v) is 6.98. The zero-order valence-corrected chi connectivity index (χ0v) is 18.5. The molecule has 1 atom stereocenters. The Hall–Kier alpha value is -2.63. The maximum atomic E-state index is 12.8. The number of benzene rings is 1. The first kappa shape index (κ1) is 20.6. The van der Waals surface area contributed by atoms with Gasteiger partial charge in [0.1, 0.15) is 16.8 Å². The number of hydrogen-bond acceptors (Lipinski definition) is 7. The van der Waals surface area contributed by atoms with Gasteiger partial charge in [0.15, 0.2) is 5.13 Å². The van der Waals surface area contributed by atoms with Crippen molar-refractivity contribution in [3.05, 3.63) is 41.1 Å². The van der Waals surface area contributed by atoms with Crippen molar-refractivity contribution >= 4 is 44.4 Å². The third kappa shape index (κ3) is 4.42. The van der Waals surface area contributed by atoms with E-state index in [1.807, 2.05) is 38.1 Å². The Kier molecular flexibility index (Phi) is 6.21. The predicted octanol–water partition coefficient (Wildman–Crippen LogP) is 4.96. The SMILES string of the molecule is CCOc1ccc2nc(NC(=O)C(C)Sc3nc4c(cc3C#N)CCCC4)sc2c1. The van der Waals surface area contributed by atoms with Crippen LogP contribution in [-0.2, 0) is 17.6 Å². The largest absolute Gasteiger partial charge is 0.494 e. The fourth-order valence-corrected chi connectivity index (χ4v) is 5.22. The number of thiazole rings is 1. The van der Waals surface area contributed by atoms with Gasteiger partial charge in [0.2, 0.25) is 5.91 Å². The quantitative estimate of drug-likeness (QED) is 0.547. The zero-order chi connectivity index (χ0) is 21.1. The average Bonchev–Trinajstić information content (AvgIpc) is 3.14. The van der Waals surface area contributed by atoms with E-state index < -0.39 is 5.25 Å². The van der Waals surface area contributed by atoms with Crippen molar-refractivity contribution < 1.29 is 9.53 Å². The predicted molar refractivity (Wildman–Crippen MR) is 120 cm³/mol. The van der Waals surface area contributed by atoms with Gasteiger partial charge in [0.25, 0.3) is 0 Å². The van der Waals surface area contributed by atoms with Crippen LogP contribution in [0.5, 0.6) is 5.75 Å². The number of carbonyl (C=O) groups is 1. The van der Waals surface area contributed by atoms with Gasteiger partial charge in [0, 0.05) is 5.69 Å². The number of pyridine rings is 1. The van der Waals surface area contributed by atoms with Crippen molar-refractivity contribution in [2.75, 3.05) is 11.9 Å². The van der Waals surface area contributed by atoms with Crippen molar-refractivity contribution in [2.24, 2.45) is 0 Å². The van der Waals surface area contributed by atoms with Crippen LogP contribution in [0.4, 0.5) is 5.13 Å². The number of aryl methyl sites for hydroxylation is 2. The number of hydrogen-bond donors (Lipinski definition) is 1. The van der Waals surface area contributed by atoms with Gasteiger partial charge in [0.05, 0.1) is 27.6 Å². The van der Waals surface area contributed by atoms with E-state index in [2.05, 4.69) is 16.4 Å². The molecule has 0 bridgehead atoms. The Balaban J connectivity index is 1.48. The first-order valence-corrected chi connectivity index (χ1v) is 11.7. The average molecular weight is 439 g/mol. The number of carbonyl (C=O) groups excluding carboxylic acids is 1. The van der Waals surface area contributed by atoms with Crippen LogP contribution in [0.25, 0.3) is 10.2 Å². The Morgan fingerprint density at radius 2 is 2.17 bits per heavy atom. The molecule has 4 rings (SSSR count). The van der Waals surface area contributed by atoms with Crippen molar-refractivity contribution in [2.45, 2.75) is 49.8 Å². The van der Waals surface area contributed by atoms with E-state index in [1.54, 1.807) is 0 Å². The summed E-state index contributed by atoms with van der Waals surface area (Å²) in [6.45, 7) is 4.36. The molecule has 1 amide bonds. The summed E-state index contributed by atoms with van der Waals surface area (Å²) in [5.41, 5.74) is 3.60. The molecule has 1 aliphatic carbocycles. The van der Waals surface area contributed by atoms with Crippen molar-refractivity contribution in [1.82, 2.24) is 9.97 Å². The molecule has 1 unspecified atom stereocenters. The van der Waals surface area contributed by atoms with E-state index in [9.17, 15) is 10.1 Å². The van der Waals surface area contributed by atoms with E-state index in [-0.39, 0.29) is 5.91 Å². The standard InChI is InChI=1S/C22H22N4O2S2/c1-3-28-16-8-9-18-19(11-16)30-22(25-18)26-20(27)13(2)29-21-15(12-23)10-14-6-4-5-7-17(14)24-21/h8-11,13H,3-7H2,1-2H3,(H,25,26,27). The lowest BCUT2D eigenvalue weighted by Gasteiger charge is -2.17. The van der Waals surface area contributed by atoms with Gasteiger partial charge >= 0.3 is 0 Å². The Labute approximate surface area is 183 Å². The van der Waals surface area contributed by atoms with Gasteiger partial charge < -0.3 is 10.1 Å². The number of nitrogens with one attached hydrogen (secondary N) is 1. The van der Waals surface area contributed by atoms with Crippen molar-refractivity contribution in [3.63, 3.8) is 0 Å². The van der Waals surface area contributed by atoms with Gasteiger partial charge in [-0.15, -0.1) is 0 Å². The molecule has 2 heterocycles. The van der Waals surface area contributed by atoms with E-state index in [1.165, 1.54) is 28.7 Å². The van der Waals surface area contributed by atoms with Gasteiger partial charge in [-0.2, -0.15) is 5.26 Å². The van der Waals surface area contributed by atoms with E-state index in [0.29, 0.717) is 22.3 Å². The van der Waals surface area contributed by atoms with Crippen LogP contribution >= 0.6 is 23.1 Å². The molecule has 0 radical (unpaired) electrons. The number of rotatable bonds is 6. The van der Waals surface area contributed by atoms with Crippen LogP contribution in [0.1, 0.15) is 43.5 Å². The maximum Gasteiger partial charge on any atom is 0.239 e. The topological polar surface area (TPSA) is 87.9 Å². The molecular weight excluding hydrogens is 416 g/mol. The maximum absolute atomic E-state index is 12.8. The summed E-state index contributed by atoms with van der Waals surface area (Å²) >= 11 is 2.74. The molecule has 0 saturated carbocycles. The molecule has 30 heavy (non-hydrogen) atoms. The van der Waals surface area contributed by atoms with Crippen LogP contribution < -0.4 is 10.1 Å². The summed E-state index contributed by atoms with van der Waals surface area (Å²) in [6.07, 6.45) is 4.17. The summed E-state index contributed by atoms with van der Waals surface area (Å²) in [5, 5.41) is 13.2. The number of amides is 1. The van der Waals surface area contributed by atoms with Gasteiger partial charge in [-0.1, -0.05) is 23.1 Å². The summed E-state index contributed by atoms with van der Waals surface area (Å²) in [4.78, 5) is 21.9. The van der Waals surface area contributed by atoms with Gasteiger partial charge in [-0.05, 0) is 69.4 Å². The molecule has 0 fully saturated rings. The first-order valence-electron chi connectivity index (χ1n) is 10.0. The minimum absolute atomic E-state index is 0.160. The molecule has 2 aromatic heterocycles. The molecule has 3 aromatic rings. The number of fused-ring (bicyclic) bond motifs is 2. The highest BCUT2D eigenvalue weighted by atomic mass is 32.2. The first-order chi connectivity index (χ1) is 14.6. The van der Waals surface area contributed by atoms with Crippen molar-refractivity contribution in [1.29, 1.82) is 5.26 Å². The summed E-state index contributed by atoms with van der Waals surface area (Å²) in [6, 6.07) is 9.87. The van der Waals surface area contributed by atoms with E-state index >= 15 is 0 Å². The van der Waals surface area contributed by atoms with Crippen LogP contribution in [0.2, 0.25) is 0 Å². The molecule has 0 aliphatic heterocycles. The smallest absolute Gasteiger partial charge is 0.239 e. The molecule has 0 spiro atoms. The van der Waals surface area contributed by atoms with E-state index in [4.69, 9.17) is 9.72 Å². The van der Waals surface area contributed by atoms with Crippen LogP contribution in [0, 0.1) is 11.3 Å². The number of thioether (sulfide) groups is 1. The van der Waals surface area contributed by atoms with Gasteiger partial charge in [-0.3, -0.25) is 4.79 Å². The molecule has 1 aromatic carbocycles. The van der Waals surface area contributed by atoms with Crippen LogP contribution in [0.3, 0.4) is 0 Å². The highest BCUT2D eigenvalue weighted by Gasteiger charge is 2.21. The normalized spacial score (nSPS) is 14.0. The fourth-order valence-electron chi connectivity index (χ4n) is 3.43. The van der Waals surface area contributed by atoms with Crippen LogP contribution in [0.15, 0.2) is 29.3 Å². The highest BCUT2D eigenvalue weighted by molar-refractivity contribution is 8.00. The number of nitrogens with zero attached hydrogens (tertiary/aromatic N) is 3. The monoisotopic (exact) mass is 438 g/mol.